The van der Waals surface area contributed by atoms with Crippen molar-refractivity contribution in [2.75, 3.05) is 5.32 Å². The van der Waals surface area contributed by atoms with Gasteiger partial charge in [-0.1, -0.05) is 12.1 Å². The van der Waals surface area contributed by atoms with Gasteiger partial charge in [0.25, 0.3) is 0 Å². The number of halogens is 3. The van der Waals surface area contributed by atoms with E-state index in [9.17, 15) is 13.2 Å². The molecule has 0 heterocycles. The summed E-state index contributed by atoms with van der Waals surface area (Å²) in [6.45, 7) is 1.71. The fraction of sp³-hybridized carbons (Fsp3) is 0.133. The molecule has 0 bridgehead atoms. The summed E-state index contributed by atoms with van der Waals surface area (Å²) >= 11 is 0. The summed E-state index contributed by atoms with van der Waals surface area (Å²) < 4.78 is 39.8. The highest BCUT2D eigenvalue weighted by Crippen LogP contribution is 2.24. The van der Waals surface area contributed by atoms with Gasteiger partial charge in [-0.2, -0.15) is 5.26 Å². The van der Waals surface area contributed by atoms with Crippen molar-refractivity contribution in [2.24, 2.45) is 0 Å². The highest BCUT2D eigenvalue weighted by Gasteiger charge is 2.14. The lowest BCUT2D eigenvalue weighted by molar-refractivity contribution is 0.496. The lowest BCUT2D eigenvalue weighted by Crippen LogP contribution is -2.09. The predicted octanol–water partition coefficient (Wildman–Crippen LogP) is 4.15. The third kappa shape index (κ3) is 2.91. The minimum Gasteiger partial charge on any atom is -0.376 e. The zero-order valence-corrected chi connectivity index (χ0v) is 10.6. The van der Waals surface area contributed by atoms with E-state index in [4.69, 9.17) is 5.26 Å². The van der Waals surface area contributed by atoms with Crippen molar-refractivity contribution < 1.29 is 13.2 Å². The van der Waals surface area contributed by atoms with Crippen LogP contribution in [0, 0.1) is 28.8 Å². The first-order valence-electron chi connectivity index (χ1n) is 5.92. The van der Waals surface area contributed by atoms with Crippen LogP contribution in [0.2, 0.25) is 0 Å². The SMILES string of the molecule is CC(Nc1cc(F)cc(F)c1F)c1cccc(C#N)c1. The second-order valence-corrected chi connectivity index (χ2v) is 4.35. The minimum atomic E-state index is -1.24. The van der Waals surface area contributed by atoms with E-state index in [0.29, 0.717) is 17.2 Å². The Labute approximate surface area is 114 Å². The molecule has 0 saturated carbocycles. The Hall–Kier alpha value is -2.48. The normalized spacial score (nSPS) is 11.8. The van der Waals surface area contributed by atoms with Crippen molar-refractivity contribution in [3.63, 3.8) is 0 Å². The minimum absolute atomic E-state index is 0.252. The summed E-state index contributed by atoms with van der Waals surface area (Å²) in [6, 6.07) is 9.67. The zero-order chi connectivity index (χ0) is 14.7. The Balaban J connectivity index is 2.28. The van der Waals surface area contributed by atoms with Gasteiger partial charge >= 0.3 is 0 Å². The number of rotatable bonds is 3. The quantitative estimate of drug-likeness (QED) is 0.855. The van der Waals surface area contributed by atoms with Crippen LogP contribution in [-0.4, -0.2) is 0 Å². The van der Waals surface area contributed by atoms with E-state index < -0.39 is 23.5 Å². The molecular formula is C15H11F3N2. The van der Waals surface area contributed by atoms with E-state index >= 15 is 0 Å². The Bertz CT molecular complexity index is 677. The molecule has 1 atom stereocenters. The number of anilines is 1. The summed E-state index contributed by atoms with van der Waals surface area (Å²) in [5.74, 6) is -3.23. The van der Waals surface area contributed by atoms with Crippen molar-refractivity contribution in [1.29, 1.82) is 5.26 Å². The topological polar surface area (TPSA) is 35.8 Å². The van der Waals surface area contributed by atoms with Crippen molar-refractivity contribution in [3.8, 4) is 6.07 Å². The van der Waals surface area contributed by atoms with Gasteiger partial charge in [-0.25, -0.2) is 13.2 Å². The van der Waals surface area contributed by atoms with Crippen molar-refractivity contribution in [3.05, 3.63) is 65.0 Å². The Morgan fingerprint density at radius 1 is 1.15 bits per heavy atom. The van der Waals surface area contributed by atoms with E-state index in [2.05, 4.69) is 5.32 Å². The molecule has 2 rings (SSSR count). The molecule has 0 spiro atoms. The summed E-state index contributed by atoms with van der Waals surface area (Å²) in [7, 11) is 0. The summed E-state index contributed by atoms with van der Waals surface area (Å²) in [5, 5.41) is 11.5. The van der Waals surface area contributed by atoms with Crippen LogP contribution < -0.4 is 5.32 Å². The molecule has 0 amide bonds. The predicted molar refractivity (Wildman–Crippen MR) is 69.5 cm³/mol. The van der Waals surface area contributed by atoms with Gasteiger partial charge in [0.2, 0.25) is 0 Å². The summed E-state index contributed by atoms with van der Waals surface area (Å²) in [6.07, 6.45) is 0. The lowest BCUT2D eigenvalue weighted by atomic mass is 10.1. The molecule has 0 saturated heterocycles. The molecular weight excluding hydrogens is 265 g/mol. The van der Waals surface area contributed by atoms with Gasteiger partial charge in [0.05, 0.1) is 17.3 Å². The zero-order valence-electron chi connectivity index (χ0n) is 10.6. The maximum atomic E-state index is 13.5. The maximum absolute atomic E-state index is 13.5. The highest BCUT2D eigenvalue weighted by atomic mass is 19.2. The number of nitrogens with zero attached hydrogens (tertiary/aromatic N) is 1. The molecule has 0 fully saturated rings. The molecule has 2 aromatic rings. The van der Waals surface area contributed by atoms with Crippen LogP contribution in [0.15, 0.2) is 36.4 Å². The third-order valence-electron chi connectivity index (χ3n) is 2.88. The van der Waals surface area contributed by atoms with Crippen LogP contribution in [0.4, 0.5) is 18.9 Å². The second-order valence-electron chi connectivity index (χ2n) is 4.35. The van der Waals surface area contributed by atoms with Crippen LogP contribution in [-0.2, 0) is 0 Å². The van der Waals surface area contributed by atoms with Gasteiger partial charge in [0.15, 0.2) is 11.6 Å². The molecule has 0 aliphatic carbocycles. The molecule has 1 unspecified atom stereocenters. The molecule has 102 valence electrons. The van der Waals surface area contributed by atoms with E-state index in [-0.39, 0.29) is 5.69 Å². The van der Waals surface area contributed by atoms with Crippen LogP contribution in [0.3, 0.4) is 0 Å². The molecule has 2 nitrogen and oxygen atoms in total. The number of hydrogen-bond acceptors (Lipinski definition) is 2. The van der Waals surface area contributed by atoms with Crippen molar-refractivity contribution >= 4 is 5.69 Å². The largest absolute Gasteiger partial charge is 0.376 e. The van der Waals surface area contributed by atoms with Crippen molar-refractivity contribution in [1.82, 2.24) is 0 Å². The third-order valence-corrected chi connectivity index (χ3v) is 2.88. The smallest absolute Gasteiger partial charge is 0.182 e. The van der Waals surface area contributed by atoms with E-state index in [0.717, 1.165) is 6.07 Å². The fourth-order valence-electron chi connectivity index (χ4n) is 1.86. The molecule has 2 aromatic carbocycles. The second kappa shape index (κ2) is 5.66. The molecule has 0 aromatic heterocycles. The molecule has 0 aliphatic rings. The van der Waals surface area contributed by atoms with Crippen LogP contribution in [0.5, 0.6) is 0 Å². The highest BCUT2D eigenvalue weighted by molar-refractivity contribution is 5.48. The Kier molecular flexibility index (Phi) is 3.94. The molecule has 20 heavy (non-hydrogen) atoms. The fourth-order valence-corrected chi connectivity index (χ4v) is 1.86. The first-order valence-corrected chi connectivity index (χ1v) is 5.92. The molecule has 5 heteroatoms. The lowest BCUT2D eigenvalue weighted by Gasteiger charge is -2.16. The number of nitrogens with one attached hydrogen (secondary N) is 1. The standard InChI is InChI=1S/C15H11F3N2/c1-9(11-4-2-3-10(5-11)8-19)20-14-7-12(16)6-13(17)15(14)18/h2-7,9,20H,1H3. The average molecular weight is 276 g/mol. The first-order chi connectivity index (χ1) is 9.51. The summed E-state index contributed by atoms with van der Waals surface area (Å²) in [5.41, 5.74) is 0.924. The van der Waals surface area contributed by atoms with E-state index in [1.807, 2.05) is 6.07 Å². The van der Waals surface area contributed by atoms with Gasteiger partial charge in [0.1, 0.15) is 5.82 Å². The van der Waals surface area contributed by atoms with E-state index in [1.54, 1.807) is 31.2 Å². The van der Waals surface area contributed by atoms with Crippen molar-refractivity contribution in [2.45, 2.75) is 13.0 Å². The van der Waals surface area contributed by atoms with E-state index in [1.165, 1.54) is 0 Å². The summed E-state index contributed by atoms with van der Waals surface area (Å²) in [4.78, 5) is 0. The average Bonchev–Trinajstić information content (AvgIpc) is 2.44. The van der Waals surface area contributed by atoms with Crippen LogP contribution in [0.25, 0.3) is 0 Å². The Morgan fingerprint density at radius 2 is 1.90 bits per heavy atom. The first kappa shape index (κ1) is 13.9. The monoisotopic (exact) mass is 276 g/mol. The molecule has 1 N–H and O–H groups in total. The maximum Gasteiger partial charge on any atom is 0.182 e. The number of nitriles is 1. The van der Waals surface area contributed by atoms with Gasteiger partial charge < -0.3 is 5.32 Å². The Morgan fingerprint density at radius 3 is 2.60 bits per heavy atom. The molecule has 0 aliphatic heterocycles. The van der Waals surface area contributed by atoms with Crippen LogP contribution in [0.1, 0.15) is 24.1 Å². The molecule has 0 radical (unpaired) electrons. The number of hydrogen-bond donors (Lipinski definition) is 1. The van der Waals surface area contributed by atoms with Gasteiger partial charge in [-0.3, -0.25) is 0 Å². The van der Waals surface area contributed by atoms with Gasteiger partial charge in [-0.05, 0) is 24.6 Å². The number of benzene rings is 2. The van der Waals surface area contributed by atoms with Gasteiger partial charge in [-0.15, -0.1) is 0 Å². The van der Waals surface area contributed by atoms with Crippen LogP contribution >= 0.6 is 0 Å². The van der Waals surface area contributed by atoms with Gasteiger partial charge in [0, 0.05) is 18.2 Å².